The molecule has 0 aliphatic rings. The summed E-state index contributed by atoms with van der Waals surface area (Å²) in [5.41, 5.74) is -0.0109. The normalized spacial score (nSPS) is 9.73. The SMILES string of the molecule is O=Cc1cc(F)c(Br)c(F)c1. The van der Waals surface area contributed by atoms with E-state index in [0.29, 0.717) is 6.29 Å². The van der Waals surface area contributed by atoms with Crippen molar-refractivity contribution in [3.63, 3.8) is 0 Å². The molecule has 0 aliphatic carbocycles. The molecule has 1 aromatic carbocycles. The van der Waals surface area contributed by atoms with E-state index in [1.807, 2.05) is 0 Å². The van der Waals surface area contributed by atoms with Crippen LogP contribution in [0.15, 0.2) is 16.6 Å². The van der Waals surface area contributed by atoms with Crippen molar-refractivity contribution in [1.29, 1.82) is 0 Å². The van der Waals surface area contributed by atoms with Gasteiger partial charge in [-0.3, -0.25) is 4.79 Å². The Hall–Kier alpha value is -0.770. The highest BCUT2D eigenvalue weighted by molar-refractivity contribution is 9.10. The topological polar surface area (TPSA) is 17.1 Å². The summed E-state index contributed by atoms with van der Waals surface area (Å²) in [5.74, 6) is -1.54. The van der Waals surface area contributed by atoms with Crippen LogP contribution in [0.5, 0.6) is 0 Å². The lowest BCUT2D eigenvalue weighted by Crippen LogP contribution is -1.88. The van der Waals surface area contributed by atoms with E-state index in [0.717, 1.165) is 12.1 Å². The summed E-state index contributed by atoms with van der Waals surface area (Å²) in [7, 11) is 0. The minimum Gasteiger partial charge on any atom is -0.298 e. The molecule has 0 unspecified atom stereocenters. The molecule has 0 fully saturated rings. The summed E-state index contributed by atoms with van der Waals surface area (Å²) >= 11 is 2.68. The van der Waals surface area contributed by atoms with Crippen molar-refractivity contribution in [3.8, 4) is 0 Å². The molecule has 0 aromatic heterocycles. The highest BCUT2D eigenvalue weighted by atomic mass is 79.9. The monoisotopic (exact) mass is 220 g/mol. The minimum absolute atomic E-state index is 0.0109. The molecule has 4 heteroatoms. The number of aldehydes is 1. The van der Waals surface area contributed by atoms with E-state index in [9.17, 15) is 13.6 Å². The van der Waals surface area contributed by atoms with Crippen LogP contribution in [0.4, 0.5) is 8.78 Å². The van der Waals surface area contributed by atoms with Crippen molar-refractivity contribution in [1.82, 2.24) is 0 Å². The van der Waals surface area contributed by atoms with E-state index < -0.39 is 11.6 Å². The molecule has 0 N–H and O–H groups in total. The number of benzene rings is 1. The van der Waals surface area contributed by atoms with E-state index in [1.165, 1.54) is 0 Å². The van der Waals surface area contributed by atoms with Crippen molar-refractivity contribution < 1.29 is 13.6 Å². The second kappa shape index (κ2) is 3.09. The number of halogens is 3. The molecule has 0 atom stereocenters. The van der Waals surface area contributed by atoms with Crippen LogP contribution in [-0.4, -0.2) is 6.29 Å². The van der Waals surface area contributed by atoms with Crippen LogP contribution < -0.4 is 0 Å². The first-order chi connectivity index (χ1) is 5.15. The quantitative estimate of drug-likeness (QED) is 0.526. The van der Waals surface area contributed by atoms with Crippen LogP contribution >= 0.6 is 15.9 Å². The molecule has 58 valence electrons. The third-order valence-electron chi connectivity index (χ3n) is 1.14. The Labute approximate surface area is 70.2 Å². The predicted octanol–water partition coefficient (Wildman–Crippen LogP) is 2.54. The molecule has 0 amide bonds. The predicted molar refractivity (Wildman–Crippen MR) is 39.4 cm³/mol. The van der Waals surface area contributed by atoms with E-state index >= 15 is 0 Å². The van der Waals surface area contributed by atoms with Crippen molar-refractivity contribution in [3.05, 3.63) is 33.8 Å². The zero-order chi connectivity index (χ0) is 8.43. The smallest absolute Gasteiger partial charge is 0.150 e. The Balaban J connectivity index is 3.31. The van der Waals surface area contributed by atoms with Gasteiger partial charge in [0.05, 0.1) is 4.47 Å². The molecule has 1 nitrogen and oxygen atoms in total. The maximum atomic E-state index is 12.6. The third kappa shape index (κ3) is 1.63. The summed E-state index contributed by atoms with van der Waals surface area (Å²) in [6.07, 6.45) is 0.387. The first kappa shape index (κ1) is 8.33. The maximum Gasteiger partial charge on any atom is 0.150 e. The molecule has 0 aliphatic heterocycles. The van der Waals surface area contributed by atoms with Crippen LogP contribution in [0.2, 0.25) is 0 Å². The Morgan fingerprint density at radius 1 is 1.27 bits per heavy atom. The molecule has 1 rings (SSSR count). The minimum atomic E-state index is -0.771. The summed E-state index contributed by atoms with van der Waals surface area (Å²) in [6.45, 7) is 0. The highest BCUT2D eigenvalue weighted by Crippen LogP contribution is 2.20. The van der Waals surface area contributed by atoms with Gasteiger partial charge in [-0.05, 0) is 28.1 Å². The fourth-order valence-electron chi connectivity index (χ4n) is 0.643. The first-order valence-corrected chi connectivity index (χ1v) is 3.54. The highest BCUT2D eigenvalue weighted by Gasteiger charge is 2.06. The molecule has 11 heavy (non-hydrogen) atoms. The number of carbonyl (C=O) groups excluding carboxylic acids is 1. The van der Waals surface area contributed by atoms with Crippen LogP contribution in [0.3, 0.4) is 0 Å². The molecule has 0 saturated heterocycles. The van der Waals surface area contributed by atoms with Crippen molar-refractivity contribution in [2.45, 2.75) is 0 Å². The van der Waals surface area contributed by atoms with Gasteiger partial charge in [0, 0.05) is 5.56 Å². The fraction of sp³-hybridized carbons (Fsp3) is 0. The summed E-state index contributed by atoms with van der Waals surface area (Å²) in [5, 5.41) is 0. The van der Waals surface area contributed by atoms with Gasteiger partial charge in [0.2, 0.25) is 0 Å². The summed E-state index contributed by atoms with van der Waals surface area (Å²) in [4.78, 5) is 10.1. The number of carbonyl (C=O) groups is 1. The second-order valence-corrected chi connectivity index (χ2v) is 2.71. The lowest BCUT2D eigenvalue weighted by atomic mass is 10.2. The largest absolute Gasteiger partial charge is 0.298 e. The standard InChI is InChI=1S/C7H3BrF2O/c8-7-5(9)1-4(3-11)2-6(7)10/h1-3H. The Morgan fingerprint density at radius 2 is 1.73 bits per heavy atom. The maximum absolute atomic E-state index is 12.6. The number of hydrogen-bond acceptors (Lipinski definition) is 1. The van der Waals surface area contributed by atoms with Gasteiger partial charge in [-0.2, -0.15) is 0 Å². The summed E-state index contributed by atoms with van der Waals surface area (Å²) < 4.78 is 24.9. The average Bonchev–Trinajstić information content (AvgIpc) is 1.99. The van der Waals surface area contributed by atoms with E-state index in [4.69, 9.17) is 0 Å². The zero-order valence-electron chi connectivity index (χ0n) is 5.27. The van der Waals surface area contributed by atoms with Crippen molar-refractivity contribution in [2.24, 2.45) is 0 Å². The molecule has 0 bridgehead atoms. The van der Waals surface area contributed by atoms with Crippen LogP contribution in [0, 0.1) is 11.6 Å². The number of hydrogen-bond donors (Lipinski definition) is 0. The molecule has 0 heterocycles. The van der Waals surface area contributed by atoms with Crippen LogP contribution in [-0.2, 0) is 0 Å². The molecule has 0 spiro atoms. The summed E-state index contributed by atoms with van der Waals surface area (Å²) in [6, 6.07) is 1.92. The first-order valence-electron chi connectivity index (χ1n) is 2.75. The Morgan fingerprint density at radius 3 is 2.09 bits per heavy atom. The van der Waals surface area contributed by atoms with Gasteiger partial charge < -0.3 is 0 Å². The Kier molecular flexibility index (Phi) is 2.34. The molecule has 0 radical (unpaired) electrons. The van der Waals surface area contributed by atoms with Gasteiger partial charge in [0.15, 0.2) is 0 Å². The van der Waals surface area contributed by atoms with Gasteiger partial charge in [0.1, 0.15) is 17.9 Å². The molecule has 0 saturated carbocycles. The molecular weight excluding hydrogens is 218 g/mol. The molecule has 1 aromatic rings. The lowest BCUT2D eigenvalue weighted by molar-refractivity contribution is 0.112. The van der Waals surface area contributed by atoms with Gasteiger partial charge in [-0.25, -0.2) is 8.78 Å². The fourth-order valence-corrected chi connectivity index (χ4v) is 0.872. The second-order valence-electron chi connectivity index (χ2n) is 1.92. The average molecular weight is 221 g/mol. The number of rotatable bonds is 1. The van der Waals surface area contributed by atoms with Crippen molar-refractivity contribution in [2.75, 3.05) is 0 Å². The van der Waals surface area contributed by atoms with Gasteiger partial charge >= 0.3 is 0 Å². The zero-order valence-corrected chi connectivity index (χ0v) is 6.86. The van der Waals surface area contributed by atoms with Crippen molar-refractivity contribution >= 4 is 22.2 Å². The van der Waals surface area contributed by atoms with Gasteiger partial charge in [0.25, 0.3) is 0 Å². The molecular formula is C7H3BrF2O. The van der Waals surface area contributed by atoms with E-state index in [1.54, 1.807) is 0 Å². The van der Waals surface area contributed by atoms with E-state index in [-0.39, 0.29) is 10.0 Å². The van der Waals surface area contributed by atoms with Crippen LogP contribution in [0.1, 0.15) is 10.4 Å². The Bertz CT molecular complexity index is 275. The van der Waals surface area contributed by atoms with E-state index in [2.05, 4.69) is 15.9 Å². The van der Waals surface area contributed by atoms with Gasteiger partial charge in [-0.1, -0.05) is 0 Å². The third-order valence-corrected chi connectivity index (χ3v) is 1.90. The van der Waals surface area contributed by atoms with Crippen LogP contribution in [0.25, 0.3) is 0 Å². The van der Waals surface area contributed by atoms with Gasteiger partial charge in [-0.15, -0.1) is 0 Å². The lowest BCUT2D eigenvalue weighted by Gasteiger charge is -1.96.